The second-order valence-electron chi connectivity index (χ2n) is 6.27. The second-order valence-corrected chi connectivity index (χ2v) is 6.27. The van der Waals surface area contributed by atoms with E-state index in [0.717, 1.165) is 57.1 Å². The van der Waals surface area contributed by atoms with Gasteiger partial charge in [-0.3, -0.25) is 0 Å². The summed E-state index contributed by atoms with van der Waals surface area (Å²) in [5.74, 6) is 1.95. The first-order chi connectivity index (χ1) is 9.72. The maximum atomic E-state index is 6.30. The van der Waals surface area contributed by atoms with Gasteiger partial charge in [-0.25, -0.2) is 0 Å². The number of hydrogen-bond acceptors (Lipinski definition) is 3. The van der Waals surface area contributed by atoms with E-state index in [2.05, 4.69) is 32.2 Å². The summed E-state index contributed by atoms with van der Waals surface area (Å²) in [4.78, 5) is 0. The van der Waals surface area contributed by atoms with E-state index in [0.29, 0.717) is 0 Å². The molecular weight excluding hydrogens is 250 g/mol. The maximum absolute atomic E-state index is 6.30. The van der Waals surface area contributed by atoms with Crippen molar-refractivity contribution in [2.45, 2.75) is 70.9 Å². The molecule has 1 aliphatic heterocycles. The Bertz CT molecular complexity index is 319. The van der Waals surface area contributed by atoms with Crippen molar-refractivity contribution in [2.24, 2.45) is 5.92 Å². The number of nitrogens with one attached hydrogen (secondary N) is 1. The van der Waals surface area contributed by atoms with E-state index in [4.69, 9.17) is 9.47 Å². The molecule has 1 aliphatic carbocycles. The lowest BCUT2D eigenvalue weighted by Crippen LogP contribution is -2.56. The van der Waals surface area contributed by atoms with Crippen molar-refractivity contribution in [3.05, 3.63) is 11.8 Å². The molecule has 0 aromatic rings. The van der Waals surface area contributed by atoms with Crippen LogP contribution in [0.5, 0.6) is 0 Å². The summed E-state index contributed by atoms with van der Waals surface area (Å²) in [5, 5.41) is 3.64. The quantitative estimate of drug-likeness (QED) is 0.806. The van der Waals surface area contributed by atoms with E-state index >= 15 is 0 Å². The number of rotatable bonds is 6. The van der Waals surface area contributed by atoms with Gasteiger partial charge in [-0.05, 0) is 64.0 Å². The molecule has 0 saturated heterocycles. The standard InChI is InChI=1S/C17H31NO2/c1-4-18-16(15-8-6-7-13-19-15)17(20-5-2)11-9-14(3)10-12-17/h8,14,16,18H,4-7,9-13H2,1-3H3. The number of likely N-dealkylation sites (N-methyl/N-ethyl adjacent to an activating group) is 1. The molecule has 1 saturated carbocycles. The van der Waals surface area contributed by atoms with Gasteiger partial charge in [-0.1, -0.05) is 13.8 Å². The summed E-state index contributed by atoms with van der Waals surface area (Å²) in [6.07, 6.45) is 9.34. The van der Waals surface area contributed by atoms with Gasteiger partial charge in [-0.2, -0.15) is 0 Å². The predicted octanol–water partition coefficient (Wildman–Crippen LogP) is 3.64. The normalized spacial score (nSPS) is 32.4. The van der Waals surface area contributed by atoms with Crippen LogP contribution in [0.1, 0.15) is 59.3 Å². The summed E-state index contributed by atoms with van der Waals surface area (Å²) in [6.45, 7) is 9.22. The molecule has 0 aromatic carbocycles. The van der Waals surface area contributed by atoms with Crippen molar-refractivity contribution in [1.29, 1.82) is 0 Å². The summed E-state index contributed by atoms with van der Waals surface area (Å²) in [6, 6.07) is 0.222. The fraction of sp³-hybridized carbons (Fsp3) is 0.882. The molecule has 116 valence electrons. The van der Waals surface area contributed by atoms with Crippen molar-refractivity contribution in [1.82, 2.24) is 5.32 Å². The fourth-order valence-electron chi connectivity index (χ4n) is 3.58. The molecule has 1 fully saturated rings. The van der Waals surface area contributed by atoms with Gasteiger partial charge >= 0.3 is 0 Å². The summed E-state index contributed by atoms with van der Waals surface area (Å²) < 4.78 is 12.3. The minimum absolute atomic E-state index is 0.0690. The van der Waals surface area contributed by atoms with Gasteiger partial charge in [0.05, 0.1) is 18.2 Å². The van der Waals surface area contributed by atoms with Crippen LogP contribution in [0.25, 0.3) is 0 Å². The highest BCUT2D eigenvalue weighted by molar-refractivity contribution is 5.15. The van der Waals surface area contributed by atoms with Crippen LogP contribution in [0.15, 0.2) is 11.8 Å². The highest BCUT2D eigenvalue weighted by atomic mass is 16.5. The molecular formula is C17H31NO2. The van der Waals surface area contributed by atoms with Gasteiger partial charge < -0.3 is 14.8 Å². The molecule has 20 heavy (non-hydrogen) atoms. The van der Waals surface area contributed by atoms with Crippen LogP contribution >= 0.6 is 0 Å². The molecule has 3 heteroatoms. The highest BCUT2D eigenvalue weighted by Gasteiger charge is 2.44. The second kappa shape index (κ2) is 7.46. The largest absolute Gasteiger partial charge is 0.496 e. The Morgan fingerprint density at radius 1 is 1.40 bits per heavy atom. The Kier molecular flexibility index (Phi) is 5.91. The van der Waals surface area contributed by atoms with Crippen molar-refractivity contribution in [2.75, 3.05) is 19.8 Å². The van der Waals surface area contributed by atoms with E-state index in [1.165, 1.54) is 12.8 Å². The van der Waals surface area contributed by atoms with Gasteiger partial charge in [0, 0.05) is 6.61 Å². The Morgan fingerprint density at radius 3 is 2.70 bits per heavy atom. The lowest BCUT2D eigenvalue weighted by atomic mass is 9.74. The number of ether oxygens (including phenoxy) is 2. The average Bonchev–Trinajstić information content (AvgIpc) is 2.49. The first kappa shape index (κ1) is 15.8. The van der Waals surface area contributed by atoms with Crippen LogP contribution in [0.3, 0.4) is 0 Å². The van der Waals surface area contributed by atoms with Gasteiger partial charge in [0.15, 0.2) is 0 Å². The van der Waals surface area contributed by atoms with E-state index in [9.17, 15) is 0 Å². The van der Waals surface area contributed by atoms with Crippen molar-refractivity contribution in [3.8, 4) is 0 Å². The molecule has 0 aromatic heterocycles. The Labute approximate surface area is 124 Å². The third-order valence-corrected chi connectivity index (χ3v) is 4.73. The molecule has 1 unspecified atom stereocenters. The first-order valence-corrected chi connectivity index (χ1v) is 8.42. The van der Waals surface area contributed by atoms with Crippen LogP contribution in [-0.4, -0.2) is 31.4 Å². The zero-order chi connectivity index (χ0) is 14.4. The molecule has 2 aliphatic rings. The summed E-state index contributed by atoms with van der Waals surface area (Å²) >= 11 is 0. The zero-order valence-corrected chi connectivity index (χ0v) is 13.4. The highest BCUT2D eigenvalue weighted by Crippen LogP contribution is 2.40. The van der Waals surface area contributed by atoms with Crippen molar-refractivity contribution < 1.29 is 9.47 Å². The zero-order valence-electron chi connectivity index (χ0n) is 13.4. The number of allylic oxidation sites excluding steroid dienone is 1. The SMILES string of the molecule is CCNC(C1=CCCCO1)C1(OCC)CCC(C)CC1. The molecule has 0 bridgehead atoms. The van der Waals surface area contributed by atoms with Gasteiger partial charge in [0.1, 0.15) is 5.76 Å². The summed E-state index contributed by atoms with van der Waals surface area (Å²) in [5.41, 5.74) is -0.0690. The van der Waals surface area contributed by atoms with Crippen molar-refractivity contribution in [3.63, 3.8) is 0 Å². The van der Waals surface area contributed by atoms with E-state index in [1.54, 1.807) is 0 Å². The minimum atomic E-state index is -0.0690. The lowest BCUT2D eigenvalue weighted by Gasteiger charge is -2.45. The molecule has 0 amide bonds. The summed E-state index contributed by atoms with van der Waals surface area (Å²) in [7, 11) is 0. The Morgan fingerprint density at radius 2 is 2.15 bits per heavy atom. The fourth-order valence-corrected chi connectivity index (χ4v) is 3.58. The van der Waals surface area contributed by atoms with Gasteiger partial charge in [0.2, 0.25) is 0 Å². The molecule has 0 spiro atoms. The topological polar surface area (TPSA) is 30.5 Å². The smallest absolute Gasteiger partial charge is 0.112 e. The monoisotopic (exact) mass is 281 g/mol. The van der Waals surface area contributed by atoms with E-state index < -0.39 is 0 Å². The third kappa shape index (κ3) is 3.56. The van der Waals surface area contributed by atoms with Crippen LogP contribution < -0.4 is 5.32 Å². The molecule has 1 N–H and O–H groups in total. The van der Waals surface area contributed by atoms with Gasteiger partial charge in [0.25, 0.3) is 0 Å². The number of hydrogen-bond donors (Lipinski definition) is 1. The molecule has 0 radical (unpaired) electrons. The Hall–Kier alpha value is -0.540. The Balaban J connectivity index is 2.19. The minimum Gasteiger partial charge on any atom is -0.496 e. The average molecular weight is 281 g/mol. The van der Waals surface area contributed by atoms with Crippen LogP contribution in [-0.2, 0) is 9.47 Å². The molecule has 1 heterocycles. The predicted molar refractivity (Wildman–Crippen MR) is 82.7 cm³/mol. The molecule has 3 nitrogen and oxygen atoms in total. The van der Waals surface area contributed by atoms with Crippen LogP contribution in [0.4, 0.5) is 0 Å². The van der Waals surface area contributed by atoms with Gasteiger partial charge in [-0.15, -0.1) is 0 Å². The molecule has 2 rings (SSSR count). The third-order valence-electron chi connectivity index (χ3n) is 4.73. The maximum Gasteiger partial charge on any atom is 0.112 e. The van der Waals surface area contributed by atoms with Crippen molar-refractivity contribution >= 4 is 0 Å². The first-order valence-electron chi connectivity index (χ1n) is 8.42. The van der Waals surface area contributed by atoms with Crippen LogP contribution in [0, 0.1) is 5.92 Å². The van der Waals surface area contributed by atoms with E-state index in [1.807, 2.05) is 0 Å². The lowest BCUT2D eigenvalue weighted by molar-refractivity contribution is -0.0982. The molecule has 1 atom stereocenters. The van der Waals surface area contributed by atoms with Crippen LogP contribution in [0.2, 0.25) is 0 Å². The van der Waals surface area contributed by atoms with E-state index in [-0.39, 0.29) is 11.6 Å².